The minimum absolute atomic E-state index is 0.00987. The first-order chi connectivity index (χ1) is 15.1. The van der Waals surface area contributed by atoms with E-state index in [1.165, 1.54) is 6.20 Å². The highest BCUT2D eigenvalue weighted by Crippen LogP contribution is 2.28. The third-order valence-corrected chi connectivity index (χ3v) is 4.68. The van der Waals surface area contributed by atoms with E-state index in [1.807, 2.05) is 42.5 Å². The second-order valence-electron chi connectivity index (χ2n) is 6.47. The van der Waals surface area contributed by atoms with Gasteiger partial charge in [-0.15, -0.1) is 0 Å². The average molecular weight is 437 g/mol. The summed E-state index contributed by atoms with van der Waals surface area (Å²) in [4.78, 5) is 28.7. The number of hydrogen-bond acceptors (Lipinski definition) is 6. The summed E-state index contributed by atoms with van der Waals surface area (Å²) in [5.74, 6) is -0.680. The Labute approximate surface area is 182 Å². The summed E-state index contributed by atoms with van der Waals surface area (Å²) in [6.07, 6.45) is 1.50. The molecule has 31 heavy (non-hydrogen) atoms. The molecule has 0 unspecified atom stereocenters. The monoisotopic (exact) mass is 436 g/mol. The number of ether oxygens (including phenoxy) is 2. The van der Waals surface area contributed by atoms with Gasteiger partial charge in [0.1, 0.15) is 17.9 Å². The van der Waals surface area contributed by atoms with Crippen LogP contribution in [0.2, 0.25) is 5.15 Å². The Balaban J connectivity index is 1.48. The predicted octanol–water partition coefficient (Wildman–Crippen LogP) is 4.86. The van der Waals surface area contributed by atoms with Crippen LogP contribution in [0, 0.1) is 0 Å². The van der Waals surface area contributed by atoms with Crippen LogP contribution in [0.3, 0.4) is 0 Å². The van der Waals surface area contributed by atoms with Gasteiger partial charge in [-0.1, -0.05) is 48.0 Å². The summed E-state index contributed by atoms with van der Waals surface area (Å²) >= 11 is 5.92. The average Bonchev–Trinajstić information content (AvgIpc) is 3.17. The highest BCUT2D eigenvalue weighted by molar-refractivity contribution is 6.32. The molecule has 0 saturated heterocycles. The molecule has 4 rings (SSSR count). The molecule has 0 spiro atoms. The number of carbonyl (C=O) groups is 2. The number of nitrogens with zero attached hydrogens (tertiary/aromatic N) is 1. The van der Waals surface area contributed by atoms with Gasteiger partial charge in [0.25, 0.3) is 5.91 Å². The maximum Gasteiger partial charge on any atom is 0.375 e. The van der Waals surface area contributed by atoms with Gasteiger partial charge < -0.3 is 19.2 Å². The molecule has 0 atom stereocenters. The molecule has 0 aliphatic rings. The largest absolute Gasteiger partial charge is 0.489 e. The van der Waals surface area contributed by atoms with Crippen molar-refractivity contribution in [2.45, 2.75) is 6.61 Å². The maximum absolute atomic E-state index is 12.7. The molecular weight excluding hydrogens is 420 g/mol. The van der Waals surface area contributed by atoms with Crippen molar-refractivity contribution in [3.8, 4) is 5.75 Å². The van der Waals surface area contributed by atoms with Gasteiger partial charge in [0.05, 0.1) is 11.3 Å². The van der Waals surface area contributed by atoms with Crippen LogP contribution in [0.4, 0.5) is 5.69 Å². The van der Waals surface area contributed by atoms with Crippen molar-refractivity contribution in [1.82, 2.24) is 4.98 Å². The second-order valence-corrected chi connectivity index (χ2v) is 6.83. The van der Waals surface area contributed by atoms with Gasteiger partial charge >= 0.3 is 5.97 Å². The molecule has 8 heteroatoms. The quantitative estimate of drug-likeness (QED) is 0.329. The number of hydrogen-bond donors (Lipinski definition) is 1. The maximum atomic E-state index is 12.7. The van der Waals surface area contributed by atoms with Crippen LogP contribution >= 0.6 is 11.6 Å². The van der Waals surface area contributed by atoms with Crippen LogP contribution in [0.1, 0.15) is 16.1 Å². The zero-order valence-electron chi connectivity index (χ0n) is 16.2. The van der Waals surface area contributed by atoms with Crippen molar-refractivity contribution < 1.29 is 23.5 Å². The molecule has 2 heterocycles. The molecule has 156 valence electrons. The first-order valence-corrected chi connectivity index (χ1v) is 9.75. The van der Waals surface area contributed by atoms with Crippen molar-refractivity contribution in [3.05, 3.63) is 89.4 Å². The van der Waals surface area contributed by atoms with Gasteiger partial charge in [0.15, 0.2) is 11.8 Å². The molecule has 7 nitrogen and oxygen atoms in total. The van der Waals surface area contributed by atoms with Gasteiger partial charge in [-0.05, 0) is 30.3 Å². The number of para-hydroxylation sites is 2. The zero-order valence-corrected chi connectivity index (χ0v) is 17.0. The molecule has 0 aliphatic heterocycles. The first kappa shape index (κ1) is 20.4. The molecule has 2 aromatic heterocycles. The Kier molecular flexibility index (Phi) is 6.14. The third kappa shape index (κ3) is 4.84. The second kappa shape index (κ2) is 9.32. The number of benzene rings is 2. The number of nitrogens with one attached hydrogen (secondary N) is 1. The van der Waals surface area contributed by atoms with Crippen LogP contribution in [0.25, 0.3) is 11.0 Å². The molecule has 0 aliphatic carbocycles. The van der Waals surface area contributed by atoms with Crippen LogP contribution in [0.5, 0.6) is 5.75 Å². The minimum atomic E-state index is -0.768. The van der Waals surface area contributed by atoms with E-state index in [0.29, 0.717) is 22.6 Å². The van der Waals surface area contributed by atoms with Crippen LogP contribution in [-0.4, -0.2) is 23.5 Å². The van der Waals surface area contributed by atoms with Gasteiger partial charge in [0, 0.05) is 11.6 Å². The number of halogens is 1. The van der Waals surface area contributed by atoms with E-state index >= 15 is 0 Å². The van der Waals surface area contributed by atoms with E-state index in [9.17, 15) is 9.59 Å². The van der Waals surface area contributed by atoms with Gasteiger partial charge in [-0.3, -0.25) is 4.79 Å². The zero-order chi connectivity index (χ0) is 21.6. The number of esters is 1. The van der Waals surface area contributed by atoms with Crippen LogP contribution < -0.4 is 10.1 Å². The topological polar surface area (TPSA) is 90.7 Å². The standard InChI is InChI=1S/C23H17ClN2O5/c24-22-18(10-6-12-25-22)26-20(27)14-30-23(28)21-17(13-29-15-7-2-1-3-8-15)16-9-4-5-11-19(16)31-21/h1-12H,13-14H2,(H,26,27). The van der Waals surface area contributed by atoms with E-state index < -0.39 is 18.5 Å². The fourth-order valence-corrected chi connectivity index (χ4v) is 3.11. The molecule has 0 bridgehead atoms. The summed E-state index contributed by atoms with van der Waals surface area (Å²) in [6, 6.07) is 19.6. The molecule has 1 amide bonds. The van der Waals surface area contributed by atoms with Crippen molar-refractivity contribution in [3.63, 3.8) is 0 Å². The Hall–Kier alpha value is -3.84. The van der Waals surface area contributed by atoms with Crippen molar-refractivity contribution in [1.29, 1.82) is 0 Å². The fraction of sp³-hybridized carbons (Fsp3) is 0.0870. The van der Waals surface area contributed by atoms with Gasteiger partial charge in [-0.2, -0.15) is 0 Å². The first-order valence-electron chi connectivity index (χ1n) is 9.37. The smallest absolute Gasteiger partial charge is 0.375 e. The number of carbonyl (C=O) groups excluding carboxylic acids is 2. The van der Waals surface area contributed by atoms with Crippen LogP contribution in [0.15, 0.2) is 77.3 Å². The Bertz CT molecular complexity index is 1220. The lowest BCUT2D eigenvalue weighted by atomic mass is 10.1. The lowest BCUT2D eigenvalue weighted by molar-refractivity contribution is -0.119. The molecule has 0 radical (unpaired) electrons. The molecular formula is C23H17ClN2O5. The minimum Gasteiger partial charge on any atom is -0.489 e. The SMILES string of the molecule is O=C(COC(=O)c1oc2ccccc2c1COc1ccccc1)Nc1cccnc1Cl. The number of furan rings is 1. The lowest BCUT2D eigenvalue weighted by Crippen LogP contribution is -2.21. The molecule has 4 aromatic rings. The Morgan fingerprint density at radius 2 is 1.77 bits per heavy atom. The predicted molar refractivity (Wildman–Crippen MR) is 115 cm³/mol. The van der Waals surface area contributed by atoms with E-state index in [-0.39, 0.29) is 17.5 Å². The molecule has 2 aromatic carbocycles. The summed E-state index contributed by atoms with van der Waals surface area (Å²) in [5, 5.41) is 3.41. The highest BCUT2D eigenvalue weighted by Gasteiger charge is 2.23. The van der Waals surface area contributed by atoms with E-state index in [0.717, 1.165) is 5.39 Å². The number of amides is 1. The number of rotatable bonds is 7. The lowest BCUT2D eigenvalue weighted by Gasteiger charge is -2.08. The summed E-state index contributed by atoms with van der Waals surface area (Å²) in [6.45, 7) is -0.414. The van der Waals surface area contributed by atoms with E-state index in [1.54, 1.807) is 24.3 Å². The van der Waals surface area contributed by atoms with Gasteiger partial charge in [0.2, 0.25) is 5.76 Å². The normalized spacial score (nSPS) is 10.6. The van der Waals surface area contributed by atoms with Crippen molar-refractivity contribution in [2.75, 3.05) is 11.9 Å². The summed E-state index contributed by atoms with van der Waals surface area (Å²) < 4.78 is 16.7. The van der Waals surface area contributed by atoms with Crippen molar-refractivity contribution in [2.24, 2.45) is 0 Å². The summed E-state index contributed by atoms with van der Waals surface area (Å²) in [7, 11) is 0. The number of pyridine rings is 1. The van der Waals surface area contributed by atoms with Gasteiger partial charge in [-0.25, -0.2) is 9.78 Å². The Morgan fingerprint density at radius 1 is 1.00 bits per heavy atom. The van der Waals surface area contributed by atoms with Crippen molar-refractivity contribution >= 4 is 40.1 Å². The summed E-state index contributed by atoms with van der Waals surface area (Å²) in [5.41, 5.74) is 1.39. The van der Waals surface area contributed by atoms with E-state index in [2.05, 4.69) is 10.3 Å². The Morgan fingerprint density at radius 3 is 2.58 bits per heavy atom. The van der Waals surface area contributed by atoms with E-state index in [4.69, 9.17) is 25.5 Å². The fourth-order valence-electron chi connectivity index (χ4n) is 2.94. The number of anilines is 1. The van der Waals surface area contributed by atoms with Crippen LogP contribution in [-0.2, 0) is 16.1 Å². The molecule has 0 fully saturated rings. The molecule has 1 N–H and O–H groups in total. The molecule has 0 saturated carbocycles. The number of fused-ring (bicyclic) bond motifs is 1. The third-order valence-electron chi connectivity index (χ3n) is 4.38. The highest BCUT2D eigenvalue weighted by atomic mass is 35.5. The number of aromatic nitrogens is 1.